The standard InChI is InChI=1S/C14H20N2O3/c1-11(2)14(18)16(9-6-13(17)19-3)10-12-4-7-15-8-5-12/h4-5,7-8,11H,6,9-10H2,1-3H3. The predicted octanol–water partition coefficient (Wildman–Crippen LogP) is 1.63. The van der Waals surface area contributed by atoms with Gasteiger partial charge in [-0.3, -0.25) is 14.6 Å². The largest absolute Gasteiger partial charge is 0.469 e. The lowest BCUT2D eigenvalue weighted by atomic mass is 10.1. The second-order valence-corrected chi connectivity index (χ2v) is 4.60. The van der Waals surface area contributed by atoms with E-state index >= 15 is 0 Å². The number of hydrogen-bond donors (Lipinski definition) is 0. The minimum Gasteiger partial charge on any atom is -0.469 e. The maximum absolute atomic E-state index is 12.1. The Morgan fingerprint density at radius 2 is 1.95 bits per heavy atom. The van der Waals surface area contributed by atoms with E-state index in [-0.39, 0.29) is 24.2 Å². The van der Waals surface area contributed by atoms with Crippen LogP contribution in [0.1, 0.15) is 25.8 Å². The van der Waals surface area contributed by atoms with Crippen molar-refractivity contribution >= 4 is 11.9 Å². The van der Waals surface area contributed by atoms with Crippen LogP contribution in [0.15, 0.2) is 24.5 Å². The normalized spacial score (nSPS) is 10.3. The van der Waals surface area contributed by atoms with Gasteiger partial charge in [0, 0.05) is 31.4 Å². The third-order valence-corrected chi connectivity index (χ3v) is 2.74. The summed E-state index contributed by atoms with van der Waals surface area (Å²) in [6, 6.07) is 3.72. The zero-order valence-electron chi connectivity index (χ0n) is 11.6. The number of aromatic nitrogens is 1. The summed E-state index contributed by atoms with van der Waals surface area (Å²) in [5.74, 6) is -0.378. The summed E-state index contributed by atoms with van der Waals surface area (Å²) in [6.45, 7) is 4.54. The summed E-state index contributed by atoms with van der Waals surface area (Å²) in [5.41, 5.74) is 0.994. The van der Waals surface area contributed by atoms with Gasteiger partial charge in [0.2, 0.25) is 5.91 Å². The summed E-state index contributed by atoms with van der Waals surface area (Å²) >= 11 is 0. The molecule has 1 rings (SSSR count). The third-order valence-electron chi connectivity index (χ3n) is 2.74. The molecule has 1 aromatic rings. The van der Waals surface area contributed by atoms with Crippen molar-refractivity contribution in [2.24, 2.45) is 5.92 Å². The van der Waals surface area contributed by atoms with E-state index in [1.54, 1.807) is 17.3 Å². The van der Waals surface area contributed by atoms with Crippen LogP contribution in [0.25, 0.3) is 0 Å². The Kier molecular flexibility index (Phi) is 5.99. The van der Waals surface area contributed by atoms with Crippen LogP contribution in [-0.2, 0) is 20.9 Å². The third kappa shape index (κ3) is 5.07. The molecule has 0 aromatic carbocycles. The fourth-order valence-electron chi connectivity index (χ4n) is 1.67. The Hall–Kier alpha value is -1.91. The highest BCUT2D eigenvalue weighted by Crippen LogP contribution is 2.09. The molecule has 1 amide bonds. The highest BCUT2D eigenvalue weighted by molar-refractivity contribution is 5.79. The summed E-state index contributed by atoms with van der Waals surface area (Å²) in [7, 11) is 1.35. The topological polar surface area (TPSA) is 59.5 Å². The molecule has 19 heavy (non-hydrogen) atoms. The fourth-order valence-corrected chi connectivity index (χ4v) is 1.67. The smallest absolute Gasteiger partial charge is 0.307 e. The van der Waals surface area contributed by atoms with Gasteiger partial charge < -0.3 is 9.64 Å². The van der Waals surface area contributed by atoms with Crippen LogP contribution in [0.4, 0.5) is 0 Å². The number of rotatable bonds is 6. The lowest BCUT2D eigenvalue weighted by Gasteiger charge is -2.24. The molecule has 0 fully saturated rings. The number of hydrogen-bond acceptors (Lipinski definition) is 4. The Bertz CT molecular complexity index is 418. The molecule has 5 heteroatoms. The van der Waals surface area contributed by atoms with Crippen molar-refractivity contribution in [3.8, 4) is 0 Å². The Morgan fingerprint density at radius 1 is 1.32 bits per heavy atom. The van der Waals surface area contributed by atoms with Gasteiger partial charge in [0.15, 0.2) is 0 Å². The highest BCUT2D eigenvalue weighted by Gasteiger charge is 2.18. The molecule has 1 aromatic heterocycles. The number of pyridine rings is 1. The number of esters is 1. The molecule has 0 atom stereocenters. The molecule has 0 bridgehead atoms. The van der Waals surface area contributed by atoms with Gasteiger partial charge >= 0.3 is 5.97 Å². The molecule has 0 unspecified atom stereocenters. The summed E-state index contributed by atoms with van der Waals surface area (Å²) in [4.78, 5) is 28.9. The second kappa shape index (κ2) is 7.51. The van der Waals surface area contributed by atoms with E-state index in [2.05, 4.69) is 9.72 Å². The van der Waals surface area contributed by atoms with Gasteiger partial charge in [-0.05, 0) is 17.7 Å². The molecular formula is C14H20N2O3. The van der Waals surface area contributed by atoms with Crippen molar-refractivity contribution in [2.45, 2.75) is 26.8 Å². The van der Waals surface area contributed by atoms with Crippen molar-refractivity contribution in [2.75, 3.05) is 13.7 Å². The summed E-state index contributed by atoms with van der Waals surface area (Å²) in [6.07, 6.45) is 3.58. The van der Waals surface area contributed by atoms with Crippen LogP contribution < -0.4 is 0 Å². The minimum atomic E-state index is -0.309. The first-order valence-corrected chi connectivity index (χ1v) is 6.29. The molecule has 0 aliphatic rings. The van der Waals surface area contributed by atoms with Gasteiger partial charge in [0.1, 0.15) is 0 Å². The molecule has 104 valence electrons. The fraction of sp³-hybridized carbons (Fsp3) is 0.500. The molecule has 0 N–H and O–H groups in total. The first-order valence-electron chi connectivity index (χ1n) is 6.29. The summed E-state index contributed by atoms with van der Waals surface area (Å²) in [5, 5.41) is 0. The van der Waals surface area contributed by atoms with Crippen LogP contribution in [-0.4, -0.2) is 35.4 Å². The van der Waals surface area contributed by atoms with Gasteiger partial charge in [-0.15, -0.1) is 0 Å². The summed E-state index contributed by atoms with van der Waals surface area (Å²) < 4.78 is 4.60. The van der Waals surface area contributed by atoms with Crippen LogP contribution >= 0.6 is 0 Å². The lowest BCUT2D eigenvalue weighted by molar-refractivity contribution is -0.142. The van der Waals surface area contributed by atoms with E-state index in [0.717, 1.165) is 5.56 Å². The van der Waals surface area contributed by atoms with Crippen LogP contribution in [0.2, 0.25) is 0 Å². The van der Waals surface area contributed by atoms with Crippen molar-refractivity contribution in [3.63, 3.8) is 0 Å². The van der Waals surface area contributed by atoms with Gasteiger partial charge in [-0.25, -0.2) is 0 Å². The average molecular weight is 264 g/mol. The number of ether oxygens (including phenoxy) is 1. The number of carbonyl (C=O) groups is 2. The van der Waals surface area contributed by atoms with E-state index in [4.69, 9.17) is 0 Å². The maximum Gasteiger partial charge on any atom is 0.307 e. The monoisotopic (exact) mass is 264 g/mol. The van der Waals surface area contributed by atoms with Crippen molar-refractivity contribution in [1.29, 1.82) is 0 Å². The van der Waals surface area contributed by atoms with E-state index in [1.807, 2.05) is 26.0 Å². The van der Waals surface area contributed by atoms with Gasteiger partial charge in [0.05, 0.1) is 13.5 Å². The molecule has 0 saturated heterocycles. The van der Waals surface area contributed by atoms with E-state index in [1.165, 1.54) is 7.11 Å². The first kappa shape index (κ1) is 15.1. The Labute approximate surface area is 113 Å². The lowest BCUT2D eigenvalue weighted by Crippen LogP contribution is -2.35. The zero-order chi connectivity index (χ0) is 14.3. The molecular weight excluding hydrogens is 244 g/mol. The molecule has 0 aliphatic heterocycles. The predicted molar refractivity (Wildman–Crippen MR) is 71.1 cm³/mol. The molecule has 0 aliphatic carbocycles. The van der Waals surface area contributed by atoms with Crippen LogP contribution in [0.5, 0.6) is 0 Å². The molecule has 0 radical (unpaired) electrons. The van der Waals surface area contributed by atoms with Crippen molar-refractivity contribution in [3.05, 3.63) is 30.1 Å². The van der Waals surface area contributed by atoms with E-state index in [0.29, 0.717) is 13.1 Å². The average Bonchev–Trinajstić information content (AvgIpc) is 2.43. The molecule has 1 heterocycles. The number of amides is 1. The highest BCUT2D eigenvalue weighted by atomic mass is 16.5. The van der Waals surface area contributed by atoms with Gasteiger partial charge in [-0.2, -0.15) is 0 Å². The molecule has 0 saturated carbocycles. The van der Waals surface area contributed by atoms with Gasteiger partial charge in [-0.1, -0.05) is 13.8 Å². The Morgan fingerprint density at radius 3 is 2.47 bits per heavy atom. The molecule has 0 spiro atoms. The quantitative estimate of drug-likeness (QED) is 0.733. The van der Waals surface area contributed by atoms with Gasteiger partial charge in [0.25, 0.3) is 0 Å². The minimum absolute atomic E-state index is 0.0284. The number of methoxy groups -OCH3 is 1. The first-order chi connectivity index (χ1) is 9.04. The number of nitrogens with zero attached hydrogens (tertiary/aromatic N) is 2. The number of carbonyl (C=O) groups excluding carboxylic acids is 2. The van der Waals surface area contributed by atoms with Crippen LogP contribution in [0.3, 0.4) is 0 Å². The Balaban J connectivity index is 2.69. The SMILES string of the molecule is COC(=O)CCN(Cc1ccncc1)C(=O)C(C)C. The van der Waals surface area contributed by atoms with Crippen LogP contribution in [0, 0.1) is 5.92 Å². The maximum atomic E-state index is 12.1. The van der Waals surface area contributed by atoms with E-state index < -0.39 is 0 Å². The zero-order valence-corrected chi connectivity index (χ0v) is 11.6. The second-order valence-electron chi connectivity index (χ2n) is 4.60. The molecule has 5 nitrogen and oxygen atoms in total. The van der Waals surface area contributed by atoms with Crippen molar-refractivity contribution < 1.29 is 14.3 Å². The van der Waals surface area contributed by atoms with E-state index in [9.17, 15) is 9.59 Å². The van der Waals surface area contributed by atoms with Crippen molar-refractivity contribution in [1.82, 2.24) is 9.88 Å².